The standard InChI is InChI=1S/C25H26ClN3O2S/c26-20-11-9-17(10-12-20)24(30)29-14-4-6-19(16-29)25(31)28-13-3-5-18(15-28)23-27-21-7-1-2-8-22(21)32-23/h1-2,7-12,18-19H,3-6,13-16H2/t18-,19+/m1/s1. The molecule has 0 saturated carbocycles. The lowest BCUT2D eigenvalue weighted by molar-refractivity contribution is -0.138. The van der Waals surface area contributed by atoms with Crippen LogP contribution in [0.3, 0.4) is 0 Å². The smallest absolute Gasteiger partial charge is 0.253 e. The lowest BCUT2D eigenvalue weighted by Crippen LogP contribution is -2.48. The van der Waals surface area contributed by atoms with Crippen LogP contribution in [-0.2, 0) is 4.79 Å². The van der Waals surface area contributed by atoms with E-state index in [1.165, 1.54) is 4.70 Å². The van der Waals surface area contributed by atoms with Crippen LogP contribution >= 0.6 is 22.9 Å². The first kappa shape index (κ1) is 21.4. The summed E-state index contributed by atoms with van der Waals surface area (Å²) in [6, 6.07) is 15.2. The fourth-order valence-electron chi connectivity index (χ4n) is 4.84. The molecule has 3 aromatic rings. The second kappa shape index (κ2) is 9.20. The lowest BCUT2D eigenvalue weighted by Gasteiger charge is -2.38. The first-order valence-electron chi connectivity index (χ1n) is 11.3. The van der Waals surface area contributed by atoms with Crippen molar-refractivity contribution in [1.82, 2.24) is 14.8 Å². The van der Waals surface area contributed by atoms with E-state index in [0.717, 1.165) is 49.3 Å². The van der Waals surface area contributed by atoms with Gasteiger partial charge in [-0.05, 0) is 62.1 Å². The predicted molar refractivity (Wildman–Crippen MR) is 128 cm³/mol. The van der Waals surface area contributed by atoms with Crippen LogP contribution in [0.5, 0.6) is 0 Å². The summed E-state index contributed by atoms with van der Waals surface area (Å²) in [5.41, 5.74) is 1.66. The molecule has 0 aliphatic carbocycles. The number of benzene rings is 2. The molecular formula is C25H26ClN3O2S. The van der Waals surface area contributed by atoms with Gasteiger partial charge in [0.25, 0.3) is 5.91 Å². The van der Waals surface area contributed by atoms with Gasteiger partial charge in [-0.2, -0.15) is 0 Å². The Bertz CT molecular complexity index is 1100. The van der Waals surface area contributed by atoms with E-state index in [1.54, 1.807) is 35.6 Å². The van der Waals surface area contributed by atoms with Gasteiger partial charge >= 0.3 is 0 Å². The molecule has 32 heavy (non-hydrogen) atoms. The van der Waals surface area contributed by atoms with Crippen molar-refractivity contribution < 1.29 is 9.59 Å². The summed E-state index contributed by atoms with van der Waals surface area (Å²) in [6.07, 6.45) is 3.75. The number of hydrogen-bond donors (Lipinski definition) is 0. The number of fused-ring (bicyclic) bond motifs is 1. The van der Waals surface area contributed by atoms with Gasteiger partial charge in [-0.3, -0.25) is 9.59 Å². The lowest BCUT2D eigenvalue weighted by atomic mass is 9.93. The molecule has 1 aromatic heterocycles. The molecule has 2 aliphatic rings. The highest BCUT2D eigenvalue weighted by Crippen LogP contribution is 2.34. The number of thiazole rings is 1. The minimum atomic E-state index is -0.130. The Morgan fingerprint density at radius 1 is 0.938 bits per heavy atom. The van der Waals surface area contributed by atoms with Crippen LogP contribution in [0.2, 0.25) is 5.02 Å². The Hall–Kier alpha value is -2.44. The Kier molecular flexibility index (Phi) is 6.15. The zero-order valence-electron chi connectivity index (χ0n) is 17.9. The quantitative estimate of drug-likeness (QED) is 0.531. The predicted octanol–water partition coefficient (Wildman–Crippen LogP) is 5.21. The molecule has 0 spiro atoms. The third kappa shape index (κ3) is 4.39. The van der Waals surface area contributed by atoms with Crippen molar-refractivity contribution in [2.75, 3.05) is 26.2 Å². The van der Waals surface area contributed by atoms with Crippen LogP contribution < -0.4 is 0 Å². The first-order valence-corrected chi connectivity index (χ1v) is 12.5. The second-order valence-corrected chi connectivity index (χ2v) is 10.2. The summed E-state index contributed by atoms with van der Waals surface area (Å²) in [4.78, 5) is 35.0. The van der Waals surface area contributed by atoms with Crippen molar-refractivity contribution >= 4 is 45.0 Å². The number of hydrogen-bond acceptors (Lipinski definition) is 4. The van der Waals surface area contributed by atoms with E-state index in [4.69, 9.17) is 16.6 Å². The summed E-state index contributed by atoms with van der Waals surface area (Å²) >= 11 is 7.70. The molecule has 2 atom stereocenters. The summed E-state index contributed by atoms with van der Waals surface area (Å²) in [5.74, 6) is 0.323. The van der Waals surface area contributed by atoms with Gasteiger partial charge in [0.1, 0.15) is 0 Å². The fraction of sp³-hybridized carbons (Fsp3) is 0.400. The monoisotopic (exact) mass is 467 g/mol. The second-order valence-electron chi connectivity index (χ2n) is 8.74. The number of rotatable bonds is 3. The number of carbonyl (C=O) groups excluding carboxylic acids is 2. The number of amides is 2. The van der Waals surface area contributed by atoms with E-state index in [0.29, 0.717) is 29.6 Å². The Balaban J connectivity index is 1.25. The maximum Gasteiger partial charge on any atom is 0.253 e. The number of para-hydroxylation sites is 1. The zero-order valence-corrected chi connectivity index (χ0v) is 19.4. The van der Waals surface area contributed by atoms with E-state index in [1.807, 2.05) is 21.9 Å². The van der Waals surface area contributed by atoms with Crippen molar-refractivity contribution in [1.29, 1.82) is 0 Å². The van der Waals surface area contributed by atoms with Crippen molar-refractivity contribution in [3.05, 3.63) is 64.1 Å². The van der Waals surface area contributed by atoms with Crippen LogP contribution in [0.15, 0.2) is 48.5 Å². The summed E-state index contributed by atoms with van der Waals surface area (Å²) < 4.78 is 1.20. The van der Waals surface area contributed by atoms with Gasteiger partial charge in [0.05, 0.1) is 21.1 Å². The number of halogens is 1. The average Bonchev–Trinajstić information content (AvgIpc) is 3.28. The van der Waals surface area contributed by atoms with E-state index in [9.17, 15) is 9.59 Å². The van der Waals surface area contributed by atoms with Crippen LogP contribution in [0.4, 0.5) is 0 Å². The Labute approximate surface area is 197 Å². The van der Waals surface area contributed by atoms with Gasteiger partial charge < -0.3 is 9.80 Å². The first-order chi connectivity index (χ1) is 15.6. The number of nitrogens with zero attached hydrogens (tertiary/aromatic N) is 3. The third-order valence-electron chi connectivity index (χ3n) is 6.54. The van der Waals surface area contributed by atoms with Gasteiger partial charge in [0, 0.05) is 42.7 Å². The molecule has 2 fully saturated rings. The van der Waals surface area contributed by atoms with Gasteiger partial charge in [-0.25, -0.2) is 4.98 Å². The normalized spacial score (nSPS) is 21.7. The van der Waals surface area contributed by atoms with Gasteiger partial charge in [-0.15, -0.1) is 11.3 Å². The Morgan fingerprint density at radius 3 is 2.50 bits per heavy atom. The van der Waals surface area contributed by atoms with Crippen LogP contribution in [-0.4, -0.2) is 52.8 Å². The third-order valence-corrected chi connectivity index (χ3v) is 7.99. The molecule has 2 saturated heterocycles. The van der Waals surface area contributed by atoms with Crippen LogP contribution in [0.25, 0.3) is 10.2 Å². The number of aromatic nitrogens is 1. The molecule has 2 aliphatic heterocycles. The molecule has 0 bridgehead atoms. The van der Waals surface area contributed by atoms with E-state index < -0.39 is 0 Å². The van der Waals surface area contributed by atoms with Gasteiger partial charge in [0.2, 0.25) is 5.91 Å². The molecule has 0 unspecified atom stereocenters. The molecule has 0 radical (unpaired) electrons. The molecule has 5 rings (SSSR count). The molecule has 2 aromatic carbocycles. The van der Waals surface area contributed by atoms with Crippen molar-refractivity contribution in [3.63, 3.8) is 0 Å². The minimum absolute atomic E-state index is 0.0230. The van der Waals surface area contributed by atoms with Gasteiger partial charge in [-0.1, -0.05) is 23.7 Å². The molecule has 166 valence electrons. The molecule has 0 N–H and O–H groups in total. The molecule has 3 heterocycles. The topological polar surface area (TPSA) is 53.5 Å². The van der Waals surface area contributed by atoms with Crippen LogP contribution in [0, 0.1) is 5.92 Å². The molecule has 7 heteroatoms. The van der Waals surface area contributed by atoms with E-state index in [2.05, 4.69) is 12.1 Å². The summed E-state index contributed by atoms with van der Waals surface area (Å²) in [7, 11) is 0. The minimum Gasteiger partial charge on any atom is -0.342 e. The number of carbonyl (C=O) groups is 2. The maximum atomic E-state index is 13.4. The summed E-state index contributed by atoms with van der Waals surface area (Å²) in [5, 5.41) is 1.74. The Morgan fingerprint density at radius 2 is 1.69 bits per heavy atom. The van der Waals surface area contributed by atoms with Crippen molar-refractivity contribution in [2.45, 2.75) is 31.6 Å². The van der Waals surface area contributed by atoms with Crippen molar-refractivity contribution in [2.24, 2.45) is 5.92 Å². The maximum absolute atomic E-state index is 13.4. The molecule has 2 amide bonds. The fourth-order valence-corrected chi connectivity index (χ4v) is 6.06. The number of likely N-dealkylation sites (tertiary alicyclic amines) is 2. The van der Waals surface area contributed by atoms with Crippen LogP contribution in [0.1, 0.15) is 47.0 Å². The number of piperidine rings is 2. The van der Waals surface area contributed by atoms with E-state index in [-0.39, 0.29) is 17.7 Å². The highest BCUT2D eigenvalue weighted by atomic mass is 35.5. The largest absolute Gasteiger partial charge is 0.342 e. The highest BCUT2D eigenvalue weighted by molar-refractivity contribution is 7.18. The highest BCUT2D eigenvalue weighted by Gasteiger charge is 2.34. The van der Waals surface area contributed by atoms with Crippen molar-refractivity contribution in [3.8, 4) is 0 Å². The molecule has 5 nitrogen and oxygen atoms in total. The summed E-state index contributed by atoms with van der Waals surface area (Å²) in [6.45, 7) is 2.70. The molecular weight excluding hydrogens is 442 g/mol. The zero-order chi connectivity index (χ0) is 22.1. The average molecular weight is 468 g/mol. The van der Waals surface area contributed by atoms with Gasteiger partial charge in [0.15, 0.2) is 0 Å². The SMILES string of the molecule is O=C(c1ccc(Cl)cc1)N1CCC[C@H](C(=O)N2CCC[C@@H](c3nc4ccccc4s3)C2)C1. The van der Waals surface area contributed by atoms with E-state index >= 15 is 0 Å².